The van der Waals surface area contributed by atoms with Crippen molar-refractivity contribution in [3.63, 3.8) is 0 Å². The average Bonchev–Trinajstić information content (AvgIpc) is 2.33. The van der Waals surface area contributed by atoms with Gasteiger partial charge in [0.05, 0.1) is 6.26 Å². The molecule has 0 aliphatic rings. The van der Waals surface area contributed by atoms with Crippen LogP contribution < -0.4 is 0 Å². The Hall–Kier alpha value is -0.790. The first-order chi connectivity index (χ1) is 8.31. The third kappa shape index (κ3) is 13.1. The molecule has 0 amide bonds. The van der Waals surface area contributed by atoms with E-state index in [2.05, 4.69) is 13.8 Å². The maximum atomic E-state index is 11.3. The fourth-order valence-corrected chi connectivity index (χ4v) is 1.64. The first kappa shape index (κ1) is 16.2. The van der Waals surface area contributed by atoms with Crippen molar-refractivity contribution in [2.45, 2.75) is 78.1 Å². The minimum atomic E-state index is -0.0917. The molecule has 0 aromatic heterocycles. The smallest absolute Gasteiger partial charge is 0.310 e. The third-order valence-corrected chi connectivity index (χ3v) is 2.75. The molecule has 0 N–H and O–H groups in total. The topological polar surface area (TPSA) is 26.3 Å². The van der Waals surface area contributed by atoms with Crippen molar-refractivity contribution in [1.82, 2.24) is 0 Å². The number of hydrogen-bond donors (Lipinski definition) is 0. The van der Waals surface area contributed by atoms with E-state index in [4.69, 9.17) is 4.74 Å². The highest BCUT2D eigenvalue weighted by molar-refractivity contribution is 5.69. The first-order valence-electron chi connectivity index (χ1n) is 7.15. The number of rotatable bonds is 11. The third-order valence-electron chi connectivity index (χ3n) is 2.75. The summed E-state index contributed by atoms with van der Waals surface area (Å²) in [6.45, 7) is 4.37. The molecule has 0 aliphatic carbocycles. The van der Waals surface area contributed by atoms with Gasteiger partial charge < -0.3 is 4.74 Å². The van der Waals surface area contributed by atoms with Gasteiger partial charge in [0.25, 0.3) is 0 Å². The second-order valence-corrected chi connectivity index (χ2v) is 4.52. The van der Waals surface area contributed by atoms with Gasteiger partial charge >= 0.3 is 5.97 Å². The summed E-state index contributed by atoms with van der Waals surface area (Å²) in [4.78, 5) is 11.3. The van der Waals surface area contributed by atoms with Gasteiger partial charge in [-0.1, -0.05) is 52.4 Å². The molecule has 0 bridgehead atoms. The minimum absolute atomic E-state index is 0.0917. The van der Waals surface area contributed by atoms with Crippen molar-refractivity contribution >= 4 is 5.97 Å². The molecule has 2 nitrogen and oxygen atoms in total. The zero-order valence-corrected chi connectivity index (χ0v) is 11.5. The van der Waals surface area contributed by atoms with E-state index in [1.54, 1.807) is 6.26 Å². The Balaban J connectivity index is 3.27. The molecule has 2 heteroatoms. The zero-order chi connectivity index (χ0) is 12.8. The summed E-state index contributed by atoms with van der Waals surface area (Å²) in [5.41, 5.74) is 0. The maximum Gasteiger partial charge on any atom is 0.310 e. The molecule has 0 saturated heterocycles. The number of ether oxygens (including phenoxy) is 1. The van der Waals surface area contributed by atoms with E-state index < -0.39 is 0 Å². The molecule has 17 heavy (non-hydrogen) atoms. The van der Waals surface area contributed by atoms with E-state index in [0.29, 0.717) is 6.42 Å². The van der Waals surface area contributed by atoms with Gasteiger partial charge in [-0.2, -0.15) is 0 Å². The predicted molar refractivity (Wildman–Crippen MR) is 72.8 cm³/mol. The van der Waals surface area contributed by atoms with Crippen molar-refractivity contribution in [3.05, 3.63) is 12.3 Å². The fourth-order valence-electron chi connectivity index (χ4n) is 1.64. The van der Waals surface area contributed by atoms with Crippen LogP contribution in [-0.4, -0.2) is 5.97 Å². The molecule has 0 atom stereocenters. The van der Waals surface area contributed by atoms with Gasteiger partial charge in [0.15, 0.2) is 0 Å². The maximum absolute atomic E-state index is 11.3. The molecule has 0 heterocycles. The second-order valence-electron chi connectivity index (χ2n) is 4.52. The van der Waals surface area contributed by atoms with Crippen LogP contribution in [0.2, 0.25) is 0 Å². The van der Waals surface area contributed by atoms with E-state index in [1.165, 1.54) is 38.5 Å². The van der Waals surface area contributed by atoms with Crippen molar-refractivity contribution in [1.29, 1.82) is 0 Å². The van der Waals surface area contributed by atoms with Gasteiger partial charge in [-0.25, -0.2) is 0 Å². The number of allylic oxidation sites excluding steroid dienone is 1. The Morgan fingerprint density at radius 2 is 1.59 bits per heavy atom. The molecule has 0 fully saturated rings. The average molecular weight is 240 g/mol. The van der Waals surface area contributed by atoms with Crippen LogP contribution in [0.5, 0.6) is 0 Å². The predicted octanol–water partition coefficient (Wildman–Crippen LogP) is 4.98. The lowest BCUT2D eigenvalue weighted by molar-refractivity contribution is -0.138. The molecule has 0 rings (SSSR count). The number of esters is 1. The van der Waals surface area contributed by atoms with Gasteiger partial charge in [0, 0.05) is 6.42 Å². The quantitative estimate of drug-likeness (QED) is 0.289. The molecule has 0 aliphatic heterocycles. The van der Waals surface area contributed by atoms with Gasteiger partial charge in [0.2, 0.25) is 0 Å². The van der Waals surface area contributed by atoms with E-state index in [1.807, 2.05) is 6.08 Å². The summed E-state index contributed by atoms with van der Waals surface area (Å²) in [6, 6.07) is 0. The zero-order valence-electron chi connectivity index (χ0n) is 11.5. The Bertz CT molecular complexity index is 197. The molecule has 0 radical (unpaired) electrons. The number of hydrogen-bond acceptors (Lipinski definition) is 2. The summed E-state index contributed by atoms with van der Waals surface area (Å²) in [5.74, 6) is -0.0917. The SMILES string of the molecule is CCCCCCC=COC(=O)CCCCCC. The van der Waals surface area contributed by atoms with Crippen LogP contribution in [0.15, 0.2) is 12.3 Å². The van der Waals surface area contributed by atoms with Gasteiger partial charge in [-0.05, 0) is 25.3 Å². The van der Waals surface area contributed by atoms with Gasteiger partial charge in [-0.3, -0.25) is 4.79 Å². The van der Waals surface area contributed by atoms with E-state index >= 15 is 0 Å². The minimum Gasteiger partial charge on any atom is -0.435 e. The highest BCUT2D eigenvalue weighted by Gasteiger charge is 1.99. The largest absolute Gasteiger partial charge is 0.435 e. The van der Waals surface area contributed by atoms with E-state index in [9.17, 15) is 4.79 Å². The van der Waals surface area contributed by atoms with Crippen molar-refractivity contribution in [2.24, 2.45) is 0 Å². The van der Waals surface area contributed by atoms with E-state index in [0.717, 1.165) is 19.3 Å². The first-order valence-corrected chi connectivity index (χ1v) is 7.15. The van der Waals surface area contributed by atoms with Crippen LogP contribution in [0.25, 0.3) is 0 Å². The second kappa shape index (κ2) is 13.3. The number of unbranched alkanes of at least 4 members (excludes halogenated alkanes) is 7. The Labute approximate surface area is 106 Å². The Kier molecular flexibility index (Phi) is 12.7. The molecule has 0 saturated carbocycles. The van der Waals surface area contributed by atoms with Crippen LogP contribution in [0.3, 0.4) is 0 Å². The van der Waals surface area contributed by atoms with Crippen LogP contribution >= 0.6 is 0 Å². The molecule has 0 spiro atoms. The molecular formula is C15H28O2. The van der Waals surface area contributed by atoms with Crippen molar-refractivity contribution in [3.8, 4) is 0 Å². The Morgan fingerprint density at radius 1 is 0.941 bits per heavy atom. The number of carbonyl (C=O) groups excluding carboxylic acids is 1. The van der Waals surface area contributed by atoms with Gasteiger partial charge in [0.1, 0.15) is 0 Å². The highest BCUT2D eigenvalue weighted by atomic mass is 16.5. The summed E-state index contributed by atoms with van der Waals surface area (Å²) in [7, 11) is 0. The van der Waals surface area contributed by atoms with Crippen LogP contribution in [0.4, 0.5) is 0 Å². The fraction of sp³-hybridized carbons (Fsp3) is 0.800. The van der Waals surface area contributed by atoms with Crippen molar-refractivity contribution in [2.75, 3.05) is 0 Å². The van der Waals surface area contributed by atoms with Crippen molar-refractivity contribution < 1.29 is 9.53 Å². The summed E-state index contributed by atoms with van der Waals surface area (Å²) >= 11 is 0. The summed E-state index contributed by atoms with van der Waals surface area (Å²) in [5, 5.41) is 0. The highest BCUT2D eigenvalue weighted by Crippen LogP contribution is 2.05. The van der Waals surface area contributed by atoms with Crippen LogP contribution in [0, 0.1) is 0 Å². The standard InChI is InChI=1S/C15H28O2/c1-3-5-7-9-10-12-14-17-15(16)13-11-8-6-4-2/h12,14H,3-11,13H2,1-2H3. The summed E-state index contributed by atoms with van der Waals surface area (Å²) < 4.78 is 5.01. The number of carbonyl (C=O) groups is 1. The monoisotopic (exact) mass is 240 g/mol. The Morgan fingerprint density at radius 3 is 2.24 bits per heavy atom. The van der Waals surface area contributed by atoms with Crippen LogP contribution in [0.1, 0.15) is 78.1 Å². The van der Waals surface area contributed by atoms with Crippen LogP contribution in [-0.2, 0) is 9.53 Å². The summed E-state index contributed by atoms with van der Waals surface area (Å²) in [6.07, 6.45) is 14.6. The van der Waals surface area contributed by atoms with E-state index in [-0.39, 0.29) is 5.97 Å². The lowest BCUT2D eigenvalue weighted by Crippen LogP contribution is -1.98. The normalized spacial score (nSPS) is 10.9. The lowest BCUT2D eigenvalue weighted by atomic mass is 10.1. The van der Waals surface area contributed by atoms with Gasteiger partial charge in [-0.15, -0.1) is 0 Å². The molecule has 100 valence electrons. The molecular weight excluding hydrogens is 212 g/mol. The molecule has 0 unspecified atom stereocenters. The molecule has 0 aromatic rings. The molecule has 0 aromatic carbocycles. The lowest BCUT2D eigenvalue weighted by Gasteiger charge is -1.99.